The molecule has 0 spiro atoms. The van der Waals surface area contributed by atoms with Crippen LogP contribution in [0.25, 0.3) is 0 Å². The number of ether oxygens (including phenoxy) is 1. The summed E-state index contributed by atoms with van der Waals surface area (Å²) in [6.07, 6.45) is 0.809. The molecule has 1 unspecified atom stereocenters. The molecule has 0 fully saturated rings. The van der Waals surface area contributed by atoms with E-state index < -0.39 is 6.04 Å². The molecule has 0 saturated carbocycles. The average molecular weight is 324 g/mol. The van der Waals surface area contributed by atoms with Gasteiger partial charge in [0, 0.05) is 18.5 Å². The van der Waals surface area contributed by atoms with Gasteiger partial charge < -0.3 is 15.4 Å². The molecule has 2 amide bonds. The van der Waals surface area contributed by atoms with Crippen molar-refractivity contribution >= 4 is 11.8 Å². The first-order chi connectivity index (χ1) is 11.6. The Morgan fingerprint density at radius 2 is 1.96 bits per heavy atom. The second-order valence-corrected chi connectivity index (χ2v) is 5.82. The van der Waals surface area contributed by atoms with Crippen LogP contribution in [0.15, 0.2) is 48.5 Å². The summed E-state index contributed by atoms with van der Waals surface area (Å²) in [5, 5.41) is 5.56. The molecule has 3 rings (SSSR count). The van der Waals surface area contributed by atoms with Gasteiger partial charge in [-0.05, 0) is 36.2 Å². The van der Waals surface area contributed by atoms with Gasteiger partial charge in [-0.25, -0.2) is 0 Å². The molecule has 1 heterocycles. The van der Waals surface area contributed by atoms with Crippen LogP contribution in [0, 0.1) is 0 Å². The molecule has 0 saturated heterocycles. The molecule has 124 valence electrons. The van der Waals surface area contributed by atoms with E-state index in [1.54, 1.807) is 19.1 Å². The Morgan fingerprint density at radius 1 is 1.17 bits per heavy atom. The van der Waals surface area contributed by atoms with Crippen molar-refractivity contribution in [3.05, 3.63) is 65.2 Å². The summed E-state index contributed by atoms with van der Waals surface area (Å²) in [7, 11) is 0. The van der Waals surface area contributed by atoms with E-state index >= 15 is 0 Å². The van der Waals surface area contributed by atoms with Crippen molar-refractivity contribution in [1.82, 2.24) is 10.6 Å². The summed E-state index contributed by atoms with van der Waals surface area (Å²) < 4.78 is 5.43. The highest BCUT2D eigenvalue weighted by Crippen LogP contribution is 2.25. The van der Waals surface area contributed by atoms with Crippen LogP contribution in [-0.4, -0.2) is 24.5 Å². The molecule has 0 radical (unpaired) electrons. The standard InChI is InChI=1S/C19H20N2O3/c1-13(18(22)20-12-14-5-3-2-4-6-14)21-19(23)16-7-8-17-15(11-16)9-10-24-17/h2-8,11,13H,9-10,12H2,1H3,(H,20,22)(H,21,23). The molecule has 2 N–H and O–H groups in total. The molecule has 24 heavy (non-hydrogen) atoms. The van der Waals surface area contributed by atoms with Crippen LogP contribution in [0.2, 0.25) is 0 Å². The number of carbonyl (C=O) groups is 2. The van der Waals surface area contributed by atoms with Crippen LogP contribution in [0.1, 0.15) is 28.4 Å². The van der Waals surface area contributed by atoms with Gasteiger partial charge in [0.2, 0.25) is 5.91 Å². The summed E-state index contributed by atoms with van der Waals surface area (Å²) in [4.78, 5) is 24.4. The average Bonchev–Trinajstić information content (AvgIpc) is 3.08. The Balaban J connectivity index is 1.54. The number of nitrogens with one attached hydrogen (secondary N) is 2. The van der Waals surface area contributed by atoms with Crippen molar-refractivity contribution in [2.75, 3.05) is 6.61 Å². The van der Waals surface area contributed by atoms with E-state index in [9.17, 15) is 9.59 Å². The maximum atomic E-state index is 12.3. The van der Waals surface area contributed by atoms with Gasteiger partial charge in [0.25, 0.3) is 5.91 Å². The fraction of sp³-hybridized carbons (Fsp3) is 0.263. The predicted molar refractivity (Wildman–Crippen MR) is 90.9 cm³/mol. The number of hydrogen-bond donors (Lipinski definition) is 2. The Morgan fingerprint density at radius 3 is 2.75 bits per heavy atom. The second-order valence-electron chi connectivity index (χ2n) is 5.82. The molecule has 2 aromatic rings. The lowest BCUT2D eigenvalue weighted by Gasteiger charge is -2.14. The lowest BCUT2D eigenvalue weighted by Crippen LogP contribution is -2.44. The van der Waals surface area contributed by atoms with Crippen LogP contribution in [-0.2, 0) is 17.8 Å². The third kappa shape index (κ3) is 3.74. The molecule has 5 heteroatoms. The van der Waals surface area contributed by atoms with E-state index in [2.05, 4.69) is 10.6 Å². The van der Waals surface area contributed by atoms with Gasteiger partial charge in [0.15, 0.2) is 0 Å². The number of rotatable bonds is 5. The molecule has 1 atom stereocenters. The molecule has 0 aliphatic carbocycles. The largest absolute Gasteiger partial charge is 0.493 e. The highest BCUT2D eigenvalue weighted by Gasteiger charge is 2.19. The SMILES string of the molecule is CC(NC(=O)c1ccc2c(c1)CCO2)C(=O)NCc1ccccc1. The van der Waals surface area contributed by atoms with Crippen LogP contribution in [0.3, 0.4) is 0 Å². The van der Waals surface area contributed by atoms with E-state index in [0.29, 0.717) is 18.7 Å². The number of hydrogen-bond acceptors (Lipinski definition) is 3. The third-order valence-electron chi connectivity index (χ3n) is 4.00. The minimum absolute atomic E-state index is 0.211. The van der Waals surface area contributed by atoms with Gasteiger partial charge in [-0.3, -0.25) is 9.59 Å². The zero-order valence-corrected chi connectivity index (χ0v) is 13.5. The smallest absolute Gasteiger partial charge is 0.251 e. The fourth-order valence-corrected chi connectivity index (χ4v) is 2.61. The molecule has 1 aliphatic rings. The van der Waals surface area contributed by atoms with Gasteiger partial charge in [-0.1, -0.05) is 30.3 Å². The highest BCUT2D eigenvalue weighted by atomic mass is 16.5. The summed E-state index contributed by atoms with van der Waals surface area (Å²) in [5.41, 5.74) is 2.59. The van der Waals surface area contributed by atoms with Crippen LogP contribution in [0.4, 0.5) is 0 Å². The maximum absolute atomic E-state index is 12.3. The monoisotopic (exact) mass is 324 g/mol. The first-order valence-electron chi connectivity index (χ1n) is 8.02. The topological polar surface area (TPSA) is 67.4 Å². The summed E-state index contributed by atoms with van der Waals surface area (Å²) in [6.45, 7) is 2.77. The predicted octanol–water partition coefficient (Wildman–Crippen LogP) is 2.06. The molecule has 0 aromatic heterocycles. The lowest BCUT2D eigenvalue weighted by molar-refractivity contribution is -0.122. The van der Waals surface area contributed by atoms with Gasteiger partial charge in [-0.15, -0.1) is 0 Å². The maximum Gasteiger partial charge on any atom is 0.251 e. The Hall–Kier alpha value is -2.82. The van der Waals surface area contributed by atoms with E-state index in [0.717, 1.165) is 23.3 Å². The van der Waals surface area contributed by atoms with E-state index in [-0.39, 0.29) is 11.8 Å². The van der Waals surface area contributed by atoms with Gasteiger partial charge in [-0.2, -0.15) is 0 Å². The van der Waals surface area contributed by atoms with E-state index in [1.807, 2.05) is 36.4 Å². The summed E-state index contributed by atoms with van der Waals surface area (Å²) >= 11 is 0. The minimum atomic E-state index is -0.606. The number of benzene rings is 2. The Bertz CT molecular complexity index is 744. The minimum Gasteiger partial charge on any atom is -0.493 e. The quantitative estimate of drug-likeness (QED) is 0.884. The molecule has 1 aliphatic heterocycles. The van der Waals surface area contributed by atoms with Gasteiger partial charge in [0.1, 0.15) is 11.8 Å². The van der Waals surface area contributed by atoms with Crippen molar-refractivity contribution < 1.29 is 14.3 Å². The van der Waals surface area contributed by atoms with E-state index in [1.165, 1.54) is 0 Å². The van der Waals surface area contributed by atoms with Crippen molar-refractivity contribution in [2.24, 2.45) is 0 Å². The first kappa shape index (κ1) is 16.1. The van der Waals surface area contributed by atoms with Crippen LogP contribution < -0.4 is 15.4 Å². The summed E-state index contributed by atoms with van der Waals surface area (Å²) in [5.74, 6) is 0.365. The second kappa shape index (κ2) is 7.17. The van der Waals surface area contributed by atoms with Crippen molar-refractivity contribution in [1.29, 1.82) is 0 Å². The van der Waals surface area contributed by atoms with Gasteiger partial charge in [0.05, 0.1) is 6.61 Å². The first-order valence-corrected chi connectivity index (χ1v) is 8.02. The number of amides is 2. The van der Waals surface area contributed by atoms with Gasteiger partial charge >= 0.3 is 0 Å². The zero-order valence-electron chi connectivity index (χ0n) is 13.5. The summed E-state index contributed by atoms with van der Waals surface area (Å²) in [6, 6.07) is 14.4. The van der Waals surface area contributed by atoms with Crippen LogP contribution in [0.5, 0.6) is 5.75 Å². The molecule has 5 nitrogen and oxygen atoms in total. The third-order valence-corrected chi connectivity index (χ3v) is 4.00. The van der Waals surface area contributed by atoms with E-state index in [4.69, 9.17) is 4.74 Å². The molecule has 0 bridgehead atoms. The Labute approximate surface area is 141 Å². The zero-order chi connectivity index (χ0) is 16.9. The normalized spacial score (nSPS) is 13.5. The van der Waals surface area contributed by atoms with Crippen molar-refractivity contribution in [3.8, 4) is 5.75 Å². The Kier molecular flexibility index (Phi) is 4.79. The molecular formula is C19H20N2O3. The fourth-order valence-electron chi connectivity index (χ4n) is 2.61. The number of carbonyl (C=O) groups excluding carboxylic acids is 2. The lowest BCUT2D eigenvalue weighted by atomic mass is 10.1. The molecular weight excluding hydrogens is 304 g/mol. The number of fused-ring (bicyclic) bond motifs is 1. The van der Waals surface area contributed by atoms with Crippen LogP contribution >= 0.6 is 0 Å². The van der Waals surface area contributed by atoms with Crippen molar-refractivity contribution in [3.63, 3.8) is 0 Å². The molecule has 2 aromatic carbocycles. The highest BCUT2D eigenvalue weighted by molar-refractivity contribution is 5.97. The van der Waals surface area contributed by atoms with Crippen molar-refractivity contribution in [2.45, 2.75) is 25.9 Å².